The van der Waals surface area contributed by atoms with Crippen LogP contribution in [0.4, 0.5) is 0 Å². The maximum Gasteiger partial charge on any atom is 0.0844 e. The number of rotatable bonds is 6. The summed E-state index contributed by atoms with van der Waals surface area (Å²) in [5.74, 6) is 5.86. The highest BCUT2D eigenvalue weighted by molar-refractivity contribution is 5.03. The minimum atomic E-state index is -0.136. The molecule has 0 amide bonds. The van der Waals surface area contributed by atoms with Crippen molar-refractivity contribution in [2.75, 3.05) is 7.11 Å². The summed E-state index contributed by atoms with van der Waals surface area (Å²) < 4.78 is 7.89. The molecule has 2 rings (SSSR count). The number of aromatic nitrogens is 2. The number of hydrogen-bond acceptors (Lipinski definition) is 4. The van der Waals surface area contributed by atoms with Crippen molar-refractivity contribution in [1.29, 1.82) is 0 Å². The third kappa shape index (κ3) is 3.65. The van der Waals surface area contributed by atoms with Gasteiger partial charge in [0, 0.05) is 26.0 Å². The van der Waals surface area contributed by atoms with Gasteiger partial charge in [0.2, 0.25) is 0 Å². The van der Waals surface area contributed by atoms with Crippen molar-refractivity contribution in [2.45, 2.75) is 64.0 Å². The van der Waals surface area contributed by atoms with Gasteiger partial charge in [-0.05, 0) is 50.0 Å². The standard InChI is InChI=1S/C16H30N4O/c1-15(2)8-10-16(21-4,11-9-15)14(19-17)6-5-13-7-12-18-20(13)3/h7,12,14,19H,5-6,8-11,17H2,1-4H3. The van der Waals surface area contributed by atoms with E-state index in [2.05, 4.69) is 30.4 Å². The van der Waals surface area contributed by atoms with Crippen LogP contribution in [0.5, 0.6) is 0 Å². The largest absolute Gasteiger partial charge is 0.377 e. The maximum absolute atomic E-state index is 5.96. The molecule has 1 heterocycles. The molecule has 1 aromatic rings. The van der Waals surface area contributed by atoms with Crippen LogP contribution in [-0.2, 0) is 18.2 Å². The number of hydrogen-bond donors (Lipinski definition) is 2. The number of nitrogens with two attached hydrogens (primary N) is 1. The van der Waals surface area contributed by atoms with Crippen molar-refractivity contribution in [3.8, 4) is 0 Å². The third-order valence-electron chi connectivity index (χ3n) is 5.30. The molecule has 5 nitrogen and oxygen atoms in total. The molecule has 1 aliphatic carbocycles. The first-order valence-electron chi connectivity index (χ1n) is 7.91. The summed E-state index contributed by atoms with van der Waals surface area (Å²) in [6, 6.07) is 2.24. The van der Waals surface area contributed by atoms with E-state index in [0.717, 1.165) is 25.7 Å². The van der Waals surface area contributed by atoms with Crippen LogP contribution in [-0.4, -0.2) is 28.5 Å². The summed E-state index contributed by atoms with van der Waals surface area (Å²) in [5, 5.41) is 4.22. The molecule has 0 bridgehead atoms. The Balaban J connectivity index is 2.02. The molecule has 120 valence electrons. The highest BCUT2D eigenvalue weighted by Gasteiger charge is 2.43. The van der Waals surface area contributed by atoms with E-state index in [9.17, 15) is 0 Å². The molecular formula is C16H30N4O. The van der Waals surface area contributed by atoms with Gasteiger partial charge in [0.15, 0.2) is 0 Å². The number of nitrogens with one attached hydrogen (secondary N) is 1. The number of aryl methyl sites for hydroxylation is 2. The molecule has 5 heteroatoms. The zero-order valence-electron chi connectivity index (χ0n) is 13.9. The topological polar surface area (TPSA) is 65.1 Å². The summed E-state index contributed by atoms with van der Waals surface area (Å²) >= 11 is 0. The second kappa shape index (κ2) is 6.46. The van der Waals surface area contributed by atoms with Crippen LogP contribution in [0.3, 0.4) is 0 Å². The number of nitrogens with zero attached hydrogens (tertiary/aromatic N) is 2. The summed E-state index contributed by atoms with van der Waals surface area (Å²) in [6.45, 7) is 4.68. The van der Waals surface area contributed by atoms with Crippen molar-refractivity contribution >= 4 is 0 Å². The lowest BCUT2D eigenvalue weighted by atomic mass is 9.68. The Bertz CT molecular complexity index is 445. The van der Waals surface area contributed by atoms with Crippen molar-refractivity contribution < 1.29 is 4.74 Å². The van der Waals surface area contributed by atoms with Crippen molar-refractivity contribution in [2.24, 2.45) is 18.3 Å². The van der Waals surface area contributed by atoms with Gasteiger partial charge in [-0.15, -0.1) is 0 Å². The second-order valence-electron chi connectivity index (χ2n) is 7.14. The fourth-order valence-electron chi connectivity index (χ4n) is 3.48. The van der Waals surface area contributed by atoms with Crippen molar-refractivity contribution in [1.82, 2.24) is 15.2 Å². The van der Waals surface area contributed by atoms with Crippen LogP contribution in [0.15, 0.2) is 12.3 Å². The number of methoxy groups -OCH3 is 1. The quantitative estimate of drug-likeness (QED) is 0.623. The second-order valence-corrected chi connectivity index (χ2v) is 7.14. The highest BCUT2D eigenvalue weighted by atomic mass is 16.5. The monoisotopic (exact) mass is 294 g/mol. The number of hydrazine groups is 1. The molecule has 1 saturated carbocycles. The van der Waals surface area contributed by atoms with Crippen molar-refractivity contribution in [3.63, 3.8) is 0 Å². The van der Waals surface area contributed by atoms with E-state index in [1.165, 1.54) is 18.5 Å². The third-order valence-corrected chi connectivity index (χ3v) is 5.30. The first-order valence-corrected chi connectivity index (χ1v) is 7.91. The minimum absolute atomic E-state index is 0.136. The van der Waals surface area contributed by atoms with E-state index in [4.69, 9.17) is 10.6 Å². The molecule has 0 aliphatic heterocycles. The van der Waals surface area contributed by atoms with Gasteiger partial charge in [-0.25, -0.2) is 0 Å². The lowest BCUT2D eigenvalue weighted by Crippen LogP contribution is -2.56. The number of ether oxygens (including phenoxy) is 1. The average Bonchev–Trinajstić information content (AvgIpc) is 2.87. The van der Waals surface area contributed by atoms with E-state index in [0.29, 0.717) is 5.41 Å². The molecule has 1 aromatic heterocycles. The normalized spacial score (nSPS) is 22.1. The van der Waals surface area contributed by atoms with E-state index < -0.39 is 0 Å². The van der Waals surface area contributed by atoms with Gasteiger partial charge in [0.25, 0.3) is 0 Å². The summed E-state index contributed by atoms with van der Waals surface area (Å²) in [6.07, 6.45) is 8.27. The molecule has 1 aliphatic rings. The Morgan fingerprint density at radius 2 is 2.05 bits per heavy atom. The van der Waals surface area contributed by atoms with Crippen LogP contribution in [0, 0.1) is 5.41 Å². The Labute approximate surface area is 128 Å². The van der Waals surface area contributed by atoms with Gasteiger partial charge in [-0.1, -0.05) is 13.8 Å². The summed E-state index contributed by atoms with van der Waals surface area (Å²) in [7, 11) is 3.81. The fraction of sp³-hybridized carbons (Fsp3) is 0.812. The summed E-state index contributed by atoms with van der Waals surface area (Å²) in [5.41, 5.74) is 4.54. The Kier molecular flexibility index (Phi) is 5.07. The Morgan fingerprint density at radius 1 is 1.38 bits per heavy atom. The van der Waals surface area contributed by atoms with E-state index in [1.54, 1.807) is 0 Å². The van der Waals surface area contributed by atoms with Gasteiger partial charge in [-0.3, -0.25) is 16.0 Å². The predicted octanol–water partition coefficient (Wildman–Crippen LogP) is 2.17. The predicted molar refractivity (Wildman–Crippen MR) is 84.6 cm³/mol. The van der Waals surface area contributed by atoms with Crippen LogP contribution < -0.4 is 11.3 Å². The van der Waals surface area contributed by atoms with Gasteiger partial charge in [-0.2, -0.15) is 5.10 Å². The molecule has 21 heavy (non-hydrogen) atoms. The molecule has 1 atom stereocenters. The molecule has 3 N–H and O–H groups in total. The molecule has 1 unspecified atom stereocenters. The molecule has 0 radical (unpaired) electrons. The van der Waals surface area contributed by atoms with Crippen LogP contribution in [0.2, 0.25) is 0 Å². The highest BCUT2D eigenvalue weighted by Crippen LogP contribution is 2.43. The lowest BCUT2D eigenvalue weighted by molar-refractivity contribution is -0.0879. The van der Waals surface area contributed by atoms with E-state index in [1.807, 2.05) is 25.0 Å². The molecule has 0 aromatic carbocycles. The van der Waals surface area contributed by atoms with Gasteiger partial charge in [0.1, 0.15) is 0 Å². The Hall–Kier alpha value is -0.910. The minimum Gasteiger partial charge on any atom is -0.377 e. The Morgan fingerprint density at radius 3 is 2.52 bits per heavy atom. The van der Waals surface area contributed by atoms with E-state index >= 15 is 0 Å². The van der Waals surface area contributed by atoms with Gasteiger partial charge >= 0.3 is 0 Å². The first kappa shape index (κ1) is 16.5. The SMILES string of the molecule is COC1(C(CCc2ccnn2C)NN)CCC(C)(C)CC1. The van der Waals surface area contributed by atoms with Crippen LogP contribution >= 0.6 is 0 Å². The van der Waals surface area contributed by atoms with Crippen LogP contribution in [0.1, 0.15) is 51.6 Å². The van der Waals surface area contributed by atoms with Gasteiger partial charge < -0.3 is 4.74 Å². The zero-order valence-corrected chi connectivity index (χ0v) is 13.9. The van der Waals surface area contributed by atoms with E-state index in [-0.39, 0.29) is 11.6 Å². The van der Waals surface area contributed by atoms with Gasteiger partial charge in [0.05, 0.1) is 11.6 Å². The molecular weight excluding hydrogens is 264 g/mol. The first-order chi connectivity index (χ1) is 9.92. The zero-order chi connectivity index (χ0) is 15.5. The molecule has 1 fully saturated rings. The van der Waals surface area contributed by atoms with Crippen molar-refractivity contribution in [3.05, 3.63) is 18.0 Å². The lowest BCUT2D eigenvalue weighted by Gasteiger charge is -2.47. The maximum atomic E-state index is 5.96. The summed E-state index contributed by atoms with van der Waals surface area (Å²) in [4.78, 5) is 0. The smallest absolute Gasteiger partial charge is 0.0844 e. The fourth-order valence-corrected chi connectivity index (χ4v) is 3.48. The molecule has 0 saturated heterocycles. The molecule has 0 spiro atoms. The van der Waals surface area contributed by atoms with Crippen LogP contribution in [0.25, 0.3) is 0 Å². The average molecular weight is 294 g/mol.